The van der Waals surface area contributed by atoms with E-state index in [1.807, 2.05) is 25.1 Å². The largest absolute Gasteiger partial charge is 0.383 e. The van der Waals surface area contributed by atoms with Crippen molar-refractivity contribution in [1.29, 1.82) is 0 Å². The van der Waals surface area contributed by atoms with E-state index in [4.69, 9.17) is 4.74 Å². The molecule has 24 heavy (non-hydrogen) atoms. The van der Waals surface area contributed by atoms with E-state index in [1.54, 1.807) is 0 Å². The second-order valence-electron chi connectivity index (χ2n) is 7.14. The molecule has 0 amide bonds. The van der Waals surface area contributed by atoms with Crippen LogP contribution in [0.4, 0.5) is 0 Å². The number of aryl methyl sites for hydroxylation is 1. The fourth-order valence-electron chi connectivity index (χ4n) is 3.63. The van der Waals surface area contributed by atoms with Crippen LogP contribution in [0.2, 0.25) is 0 Å². The maximum absolute atomic E-state index is 11.0. The summed E-state index contributed by atoms with van der Waals surface area (Å²) in [6.45, 7) is 6.88. The minimum Gasteiger partial charge on any atom is -0.383 e. The normalized spacial score (nSPS) is 29.5. The molecule has 2 unspecified atom stereocenters. The molecule has 0 spiro atoms. The lowest BCUT2D eigenvalue weighted by molar-refractivity contribution is 0.0282. The zero-order valence-corrected chi connectivity index (χ0v) is 14.8. The minimum atomic E-state index is -0.819. The lowest BCUT2D eigenvalue weighted by atomic mass is 9.96. The van der Waals surface area contributed by atoms with Crippen molar-refractivity contribution >= 4 is 5.96 Å². The third-order valence-corrected chi connectivity index (χ3v) is 5.09. The zero-order chi connectivity index (χ0) is 17.0. The summed E-state index contributed by atoms with van der Waals surface area (Å²) in [6.07, 6.45) is 3.83. The van der Waals surface area contributed by atoms with E-state index in [9.17, 15) is 5.11 Å². The summed E-state index contributed by atoms with van der Waals surface area (Å²) in [7, 11) is 0. The number of guanidine groups is 1. The van der Waals surface area contributed by atoms with Crippen molar-refractivity contribution in [2.24, 2.45) is 4.99 Å². The molecule has 0 aromatic heterocycles. The Morgan fingerprint density at radius 2 is 2.12 bits per heavy atom. The maximum atomic E-state index is 11.0. The molecule has 1 aliphatic heterocycles. The van der Waals surface area contributed by atoms with Crippen LogP contribution in [0.5, 0.6) is 0 Å². The van der Waals surface area contributed by atoms with Gasteiger partial charge in [0.25, 0.3) is 0 Å². The average Bonchev–Trinajstić information content (AvgIpc) is 3.16. The first-order valence-corrected chi connectivity index (χ1v) is 9.02. The van der Waals surface area contributed by atoms with Gasteiger partial charge >= 0.3 is 0 Å². The molecule has 1 aliphatic carbocycles. The number of hydrogen-bond donors (Lipinski definition) is 3. The fraction of sp³-hybridized carbons (Fsp3) is 0.632. The smallest absolute Gasteiger partial charge is 0.191 e. The Labute approximate surface area is 144 Å². The van der Waals surface area contributed by atoms with Gasteiger partial charge in [-0.25, -0.2) is 0 Å². The van der Waals surface area contributed by atoms with Crippen molar-refractivity contribution in [3.63, 3.8) is 0 Å². The lowest BCUT2D eigenvalue weighted by Crippen LogP contribution is -2.45. The van der Waals surface area contributed by atoms with E-state index in [0.717, 1.165) is 50.4 Å². The molecule has 1 aromatic rings. The van der Waals surface area contributed by atoms with Gasteiger partial charge in [-0.2, -0.15) is 0 Å². The molecule has 0 saturated carbocycles. The minimum absolute atomic E-state index is 0.154. The first-order valence-electron chi connectivity index (χ1n) is 9.02. The van der Waals surface area contributed by atoms with Gasteiger partial charge in [-0.05, 0) is 50.7 Å². The molecular formula is C19H29N3O2. The van der Waals surface area contributed by atoms with Gasteiger partial charge in [-0.15, -0.1) is 0 Å². The van der Waals surface area contributed by atoms with Crippen molar-refractivity contribution in [3.05, 3.63) is 35.4 Å². The predicted octanol–water partition coefficient (Wildman–Crippen LogP) is 1.94. The summed E-state index contributed by atoms with van der Waals surface area (Å²) in [4.78, 5) is 4.67. The number of nitrogens with one attached hydrogen (secondary N) is 2. The lowest BCUT2D eigenvalue weighted by Gasteiger charge is -2.26. The van der Waals surface area contributed by atoms with Crippen LogP contribution in [0, 0.1) is 0 Å². The molecule has 3 N–H and O–H groups in total. The average molecular weight is 331 g/mol. The highest BCUT2D eigenvalue weighted by atomic mass is 16.5. The van der Waals surface area contributed by atoms with E-state index in [1.165, 1.54) is 5.56 Å². The Kier molecular flexibility index (Phi) is 5.11. The topological polar surface area (TPSA) is 65.9 Å². The number of rotatable bonds is 5. The number of fused-ring (bicyclic) bond motifs is 1. The molecule has 2 atom stereocenters. The van der Waals surface area contributed by atoms with Crippen molar-refractivity contribution in [2.75, 3.05) is 26.2 Å². The Balaban J connectivity index is 1.64. The molecule has 1 fully saturated rings. The molecule has 5 heteroatoms. The van der Waals surface area contributed by atoms with E-state index >= 15 is 0 Å². The fourth-order valence-corrected chi connectivity index (χ4v) is 3.63. The first kappa shape index (κ1) is 17.2. The molecule has 3 rings (SSSR count). The summed E-state index contributed by atoms with van der Waals surface area (Å²) < 4.78 is 5.80. The highest BCUT2D eigenvalue weighted by Crippen LogP contribution is 2.36. The van der Waals surface area contributed by atoms with E-state index in [-0.39, 0.29) is 5.60 Å². The SMILES string of the molecule is CCNC(=NCC1(C)CCCO1)NCC1(O)CCc2ccccc21. The van der Waals surface area contributed by atoms with Crippen LogP contribution in [0.1, 0.15) is 44.2 Å². The monoisotopic (exact) mass is 331 g/mol. The molecule has 1 saturated heterocycles. The first-order chi connectivity index (χ1) is 11.5. The van der Waals surface area contributed by atoms with Gasteiger partial charge in [0.05, 0.1) is 18.7 Å². The van der Waals surface area contributed by atoms with Crippen LogP contribution in [-0.4, -0.2) is 42.9 Å². The van der Waals surface area contributed by atoms with Gasteiger partial charge < -0.3 is 20.5 Å². The summed E-state index contributed by atoms with van der Waals surface area (Å²) in [5, 5.41) is 17.6. The van der Waals surface area contributed by atoms with Gasteiger partial charge in [0.15, 0.2) is 5.96 Å². The van der Waals surface area contributed by atoms with Crippen LogP contribution in [0.25, 0.3) is 0 Å². The van der Waals surface area contributed by atoms with E-state index in [0.29, 0.717) is 13.1 Å². The Morgan fingerprint density at radius 1 is 1.29 bits per heavy atom. The van der Waals surface area contributed by atoms with Crippen molar-refractivity contribution in [2.45, 2.75) is 50.7 Å². The number of aliphatic hydroxyl groups is 1. The Morgan fingerprint density at radius 3 is 2.88 bits per heavy atom. The third-order valence-electron chi connectivity index (χ3n) is 5.09. The highest BCUT2D eigenvalue weighted by molar-refractivity contribution is 5.80. The molecule has 132 valence electrons. The van der Waals surface area contributed by atoms with Crippen LogP contribution < -0.4 is 10.6 Å². The van der Waals surface area contributed by atoms with Crippen LogP contribution in [0.15, 0.2) is 29.3 Å². The summed E-state index contributed by atoms with van der Waals surface area (Å²) in [6, 6.07) is 8.16. The van der Waals surface area contributed by atoms with Gasteiger partial charge in [0.1, 0.15) is 5.60 Å². The van der Waals surface area contributed by atoms with Crippen molar-refractivity contribution in [3.8, 4) is 0 Å². The van der Waals surface area contributed by atoms with Gasteiger partial charge in [0, 0.05) is 13.2 Å². The number of hydrogen-bond acceptors (Lipinski definition) is 3. The second kappa shape index (κ2) is 7.11. The van der Waals surface area contributed by atoms with Gasteiger partial charge in [0.2, 0.25) is 0 Å². The van der Waals surface area contributed by atoms with Crippen LogP contribution >= 0.6 is 0 Å². The summed E-state index contributed by atoms with van der Waals surface area (Å²) in [5.74, 6) is 0.743. The van der Waals surface area contributed by atoms with Crippen LogP contribution in [-0.2, 0) is 16.8 Å². The number of nitrogens with zero attached hydrogens (tertiary/aromatic N) is 1. The van der Waals surface area contributed by atoms with Crippen molar-refractivity contribution in [1.82, 2.24) is 10.6 Å². The molecule has 0 bridgehead atoms. The number of ether oxygens (including phenoxy) is 1. The summed E-state index contributed by atoms with van der Waals surface area (Å²) >= 11 is 0. The second-order valence-corrected chi connectivity index (χ2v) is 7.14. The summed E-state index contributed by atoms with van der Waals surface area (Å²) in [5.41, 5.74) is 1.31. The molecule has 5 nitrogen and oxygen atoms in total. The van der Waals surface area contributed by atoms with E-state index in [2.05, 4.69) is 28.6 Å². The maximum Gasteiger partial charge on any atom is 0.191 e. The molecular weight excluding hydrogens is 302 g/mol. The molecule has 0 radical (unpaired) electrons. The number of aliphatic imine (C=N–C) groups is 1. The Hall–Kier alpha value is -1.59. The van der Waals surface area contributed by atoms with E-state index < -0.39 is 5.60 Å². The third kappa shape index (κ3) is 3.73. The van der Waals surface area contributed by atoms with Gasteiger partial charge in [-0.1, -0.05) is 24.3 Å². The standard InChI is InChI=1S/C19H29N3O2/c1-3-20-17(21-13-18(2)10-6-12-24-18)22-14-19(23)11-9-15-7-4-5-8-16(15)19/h4-5,7-8,23H,3,6,9-14H2,1-2H3,(H2,20,21,22). The predicted molar refractivity (Wildman–Crippen MR) is 96.2 cm³/mol. The molecule has 1 heterocycles. The van der Waals surface area contributed by atoms with Gasteiger partial charge in [-0.3, -0.25) is 4.99 Å². The highest BCUT2D eigenvalue weighted by Gasteiger charge is 2.36. The molecule has 1 aromatic carbocycles. The molecule has 2 aliphatic rings. The zero-order valence-electron chi connectivity index (χ0n) is 14.8. The Bertz CT molecular complexity index is 596. The van der Waals surface area contributed by atoms with Crippen LogP contribution in [0.3, 0.4) is 0 Å². The quantitative estimate of drug-likeness (QED) is 0.570. The van der Waals surface area contributed by atoms with Crippen molar-refractivity contribution < 1.29 is 9.84 Å². The number of benzene rings is 1.